The molecule has 0 N–H and O–H groups in total. The Morgan fingerprint density at radius 1 is 1.19 bits per heavy atom. The number of amides is 3. The Bertz CT molecular complexity index is 808. The third kappa shape index (κ3) is 2.80. The molecule has 2 unspecified atom stereocenters. The molecule has 2 aliphatic rings. The summed E-state index contributed by atoms with van der Waals surface area (Å²) in [6.45, 7) is 5.61. The van der Waals surface area contributed by atoms with Crippen molar-refractivity contribution in [3.05, 3.63) is 35.9 Å². The van der Waals surface area contributed by atoms with Crippen LogP contribution in [0, 0.1) is 29.6 Å². The van der Waals surface area contributed by atoms with Crippen molar-refractivity contribution in [3.63, 3.8) is 0 Å². The van der Waals surface area contributed by atoms with Crippen molar-refractivity contribution in [3.8, 4) is 11.8 Å². The first kappa shape index (κ1) is 18.2. The maximum absolute atomic E-state index is 13.2. The lowest BCUT2D eigenvalue weighted by Gasteiger charge is -2.40. The van der Waals surface area contributed by atoms with Crippen molar-refractivity contribution >= 4 is 17.7 Å². The zero-order valence-electron chi connectivity index (χ0n) is 15.7. The minimum atomic E-state index is -0.975. The first-order valence-corrected chi connectivity index (χ1v) is 8.96. The molecule has 0 spiro atoms. The number of benzene rings is 1. The van der Waals surface area contributed by atoms with E-state index in [0.717, 1.165) is 11.3 Å². The van der Waals surface area contributed by atoms with E-state index in [1.54, 1.807) is 38.2 Å². The fourth-order valence-corrected chi connectivity index (χ4v) is 4.02. The molecule has 136 valence electrons. The summed E-state index contributed by atoms with van der Waals surface area (Å²) in [7, 11) is 1.65. The molecule has 0 bridgehead atoms. The van der Waals surface area contributed by atoms with Gasteiger partial charge in [-0.05, 0) is 13.3 Å². The molecule has 1 aliphatic heterocycles. The van der Waals surface area contributed by atoms with Gasteiger partial charge in [0.1, 0.15) is 5.54 Å². The summed E-state index contributed by atoms with van der Waals surface area (Å²) in [5.74, 6) is 5.97. The van der Waals surface area contributed by atoms with Crippen LogP contribution in [-0.2, 0) is 4.79 Å². The van der Waals surface area contributed by atoms with Crippen molar-refractivity contribution in [1.82, 2.24) is 9.80 Å². The standard InChI is InChI=1S/C21H24N2O3/c1-14-10-11-15(2)17(12-14)21(3)19(25)23(20(26)22(21)4)13-18(24)16-8-6-5-7-9-16/h5-9,14-15,17H,12-13H2,1-4H3/t14-,15+,17?,21?/m1/s1. The number of urea groups is 1. The van der Waals surface area contributed by atoms with Crippen LogP contribution >= 0.6 is 0 Å². The molecule has 4 atom stereocenters. The van der Waals surface area contributed by atoms with E-state index in [0.29, 0.717) is 5.56 Å². The maximum atomic E-state index is 13.2. The number of likely N-dealkylation sites (N-methyl/N-ethyl adjacent to an activating group) is 1. The Morgan fingerprint density at radius 3 is 2.50 bits per heavy atom. The van der Waals surface area contributed by atoms with Crippen LogP contribution in [0.15, 0.2) is 30.3 Å². The van der Waals surface area contributed by atoms with Crippen LogP contribution in [0.4, 0.5) is 4.79 Å². The smallest absolute Gasteiger partial charge is 0.313 e. The number of hydrogen-bond acceptors (Lipinski definition) is 3. The topological polar surface area (TPSA) is 57.7 Å². The predicted molar refractivity (Wildman–Crippen MR) is 98.3 cm³/mol. The number of ketones is 1. The highest BCUT2D eigenvalue weighted by Gasteiger charge is 2.58. The highest BCUT2D eigenvalue weighted by molar-refractivity contribution is 6.11. The van der Waals surface area contributed by atoms with Gasteiger partial charge in [-0.2, -0.15) is 0 Å². The molecule has 1 aliphatic carbocycles. The molecule has 26 heavy (non-hydrogen) atoms. The minimum Gasteiger partial charge on any atom is -0.313 e. The summed E-state index contributed by atoms with van der Waals surface area (Å²) in [5.41, 5.74) is -0.480. The second-order valence-electron chi connectivity index (χ2n) is 7.49. The van der Waals surface area contributed by atoms with Gasteiger partial charge < -0.3 is 4.90 Å². The molecular formula is C21H24N2O3. The normalized spacial score (nSPS) is 31.0. The Kier molecular flexibility index (Phi) is 4.62. The first-order chi connectivity index (χ1) is 12.3. The summed E-state index contributed by atoms with van der Waals surface area (Å²) in [6, 6.07) is 8.32. The van der Waals surface area contributed by atoms with E-state index in [9.17, 15) is 14.4 Å². The highest BCUT2D eigenvalue weighted by atomic mass is 16.2. The number of rotatable bonds is 4. The van der Waals surface area contributed by atoms with E-state index in [-0.39, 0.29) is 36.0 Å². The second kappa shape index (κ2) is 6.60. The van der Waals surface area contributed by atoms with Gasteiger partial charge in [-0.1, -0.05) is 56.0 Å². The van der Waals surface area contributed by atoms with Gasteiger partial charge in [0.2, 0.25) is 0 Å². The lowest BCUT2D eigenvalue weighted by molar-refractivity contribution is -0.135. The molecule has 0 saturated carbocycles. The first-order valence-electron chi connectivity index (χ1n) is 8.96. The molecule has 1 saturated heterocycles. The number of Topliss-reactive ketones (excluding diaryl/α,β-unsaturated/α-hetero) is 1. The summed E-state index contributed by atoms with van der Waals surface area (Å²) in [4.78, 5) is 41.1. The Hall–Kier alpha value is -2.61. The minimum absolute atomic E-state index is 0.0141. The van der Waals surface area contributed by atoms with E-state index in [4.69, 9.17) is 0 Å². The number of nitrogens with zero attached hydrogens (tertiary/aromatic N) is 2. The SMILES string of the molecule is C[C@@H]1C#C[C@H](C)C(C2(C)C(=O)N(CC(=O)c3ccccc3)C(=O)N2C)C1. The maximum Gasteiger partial charge on any atom is 0.327 e. The Labute approximate surface area is 154 Å². The molecule has 5 nitrogen and oxygen atoms in total. The lowest BCUT2D eigenvalue weighted by atomic mass is 9.70. The van der Waals surface area contributed by atoms with E-state index in [1.807, 2.05) is 19.9 Å². The van der Waals surface area contributed by atoms with E-state index >= 15 is 0 Å². The van der Waals surface area contributed by atoms with Gasteiger partial charge in [0.25, 0.3) is 5.91 Å². The summed E-state index contributed by atoms with van der Waals surface area (Å²) >= 11 is 0. The van der Waals surface area contributed by atoms with E-state index in [2.05, 4.69) is 11.8 Å². The third-order valence-electron chi connectivity index (χ3n) is 5.78. The summed E-state index contributed by atoms with van der Waals surface area (Å²) < 4.78 is 0. The summed E-state index contributed by atoms with van der Waals surface area (Å²) in [6.07, 6.45) is 0.758. The van der Waals surface area contributed by atoms with Crippen molar-refractivity contribution in [2.24, 2.45) is 17.8 Å². The van der Waals surface area contributed by atoms with E-state index in [1.165, 1.54) is 4.90 Å². The van der Waals surface area contributed by atoms with Crippen molar-refractivity contribution in [2.45, 2.75) is 32.7 Å². The van der Waals surface area contributed by atoms with E-state index < -0.39 is 11.6 Å². The fourth-order valence-electron chi connectivity index (χ4n) is 4.02. The van der Waals surface area contributed by atoms with Crippen LogP contribution in [0.2, 0.25) is 0 Å². The van der Waals surface area contributed by atoms with Crippen LogP contribution in [0.1, 0.15) is 37.6 Å². The lowest BCUT2D eigenvalue weighted by Crippen LogP contribution is -2.54. The van der Waals surface area contributed by atoms with Gasteiger partial charge in [-0.15, -0.1) is 0 Å². The number of imide groups is 1. The molecule has 1 aromatic carbocycles. The molecule has 1 fully saturated rings. The Balaban J connectivity index is 1.87. The molecular weight excluding hydrogens is 328 g/mol. The number of carbonyl (C=O) groups excluding carboxylic acids is 3. The van der Waals surface area contributed by atoms with Gasteiger partial charge in [0, 0.05) is 30.4 Å². The van der Waals surface area contributed by atoms with Gasteiger partial charge in [0.05, 0.1) is 6.54 Å². The average Bonchev–Trinajstić information content (AvgIpc) is 2.80. The Morgan fingerprint density at radius 2 is 1.85 bits per heavy atom. The van der Waals surface area contributed by atoms with Crippen molar-refractivity contribution in [1.29, 1.82) is 0 Å². The van der Waals surface area contributed by atoms with Crippen molar-refractivity contribution in [2.75, 3.05) is 13.6 Å². The zero-order chi connectivity index (χ0) is 19.1. The average molecular weight is 352 g/mol. The molecule has 3 rings (SSSR count). The van der Waals surface area contributed by atoms with Crippen LogP contribution in [0.25, 0.3) is 0 Å². The number of carbonyl (C=O) groups is 3. The molecule has 0 aromatic heterocycles. The molecule has 1 heterocycles. The van der Waals surface area contributed by atoms with Crippen LogP contribution in [-0.4, -0.2) is 46.7 Å². The van der Waals surface area contributed by atoms with Gasteiger partial charge in [-0.25, -0.2) is 4.79 Å². The summed E-state index contributed by atoms with van der Waals surface area (Å²) in [5, 5.41) is 0. The highest BCUT2D eigenvalue weighted by Crippen LogP contribution is 2.41. The number of hydrogen-bond donors (Lipinski definition) is 0. The van der Waals surface area contributed by atoms with Crippen LogP contribution in [0.3, 0.4) is 0 Å². The van der Waals surface area contributed by atoms with Crippen LogP contribution in [0.5, 0.6) is 0 Å². The zero-order valence-corrected chi connectivity index (χ0v) is 15.7. The van der Waals surface area contributed by atoms with Gasteiger partial charge >= 0.3 is 6.03 Å². The monoisotopic (exact) mass is 352 g/mol. The third-order valence-corrected chi connectivity index (χ3v) is 5.78. The van der Waals surface area contributed by atoms with Gasteiger partial charge in [-0.3, -0.25) is 14.5 Å². The largest absolute Gasteiger partial charge is 0.327 e. The molecule has 3 amide bonds. The molecule has 5 heteroatoms. The second-order valence-corrected chi connectivity index (χ2v) is 7.49. The molecule has 0 radical (unpaired) electrons. The van der Waals surface area contributed by atoms with Gasteiger partial charge in [0.15, 0.2) is 5.78 Å². The molecule has 1 aromatic rings. The predicted octanol–water partition coefficient (Wildman–Crippen LogP) is 2.82. The quantitative estimate of drug-likeness (QED) is 0.476. The van der Waals surface area contributed by atoms with Crippen molar-refractivity contribution < 1.29 is 14.4 Å². The fraction of sp³-hybridized carbons (Fsp3) is 0.476. The van der Waals surface area contributed by atoms with Crippen LogP contribution < -0.4 is 0 Å².